The quantitative estimate of drug-likeness (QED) is 0.153. The number of carbonyl (C=O) groups excluding carboxylic acids is 1. The summed E-state index contributed by atoms with van der Waals surface area (Å²) >= 11 is 15.5. The Morgan fingerprint density at radius 1 is 1.14 bits per heavy atom. The minimum Gasteiger partial charge on any atom is -0.493 e. The van der Waals surface area contributed by atoms with Crippen molar-refractivity contribution in [2.45, 2.75) is 26.5 Å². The van der Waals surface area contributed by atoms with E-state index in [0.29, 0.717) is 47.7 Å². The lowest BCUT2D eigenvalue weighted by Crippen LogP contribution is -2.39. The summed E-state index contributed by atoms with van der Waals surface area (Å²) in [6.07, 6.45) is 1.74. The molecule has 0 saturated carbocycles. The van der Waals surface area contributed by atoms with Gasteiger partial charge in [0.15, 0.2) is 16.3 Å². The highest BCUT2D eigenvalue weighted by molar-refractivity contribution is 14.1. The summed E-state index contributed by atoms with van der Waals surface area (Å²) in [4.78, 5) is 31.9. The Kier molecular flexibility index (Phi) is 9.60. The van der Waals surface area contributed by atoms with Gasteiger partial charge < -0.3 is 14.2 Å². The molecule has 1 aliphatic rings. The van der Waals surface area contributed by atoms with Crippen molar-refractivity contribution in [2.75, 3.05) is 13.7 Å². The summed E-state index contributed by atoms with van der Waals surface area (Å²) in [6, 6.07) is 13.8. The first-order valence-electron chi connectivity index (χ1n) is 13.0. The van der Waals surface area contributed by atoms with Gasteiger partial charge in [-0.25, -0.2) is 14.2 Å². The van der Waals surface area contributed by atoms with Crippen molar-refractivity contribution < 1.29 is 23.4 Å². The van der Waals surface area contributed by atoms with Gasteiger partial charge in [0.25, 0.3) is 5.56 Å². The van der Waals surface area contributed by atoms with E-state index >= 15 is 0 Å². The SMILES string of the molecule is CCOC(=O)C1=C(C)N=c2s/c(=C\c3cc(I)c(OCc4ccc(Cl)c(Cl)c4)c(OC)c3)c(=O)n2[C@H]1c1ccc(F)cc1. The Balaban J connectivity index is 1.56. The maximum atomic E-state index is 13.9. The number of hydrogen-bond acceptors (Lipinski definition) is 7. The molecule has 0 amide bonds. The molecule has 0 unspecified atom stereocenters. The minimum absolute atomic E-state index is 0.157. The molecular weight excluding hydrogens is 729 g/mol. The van der Waals surface area contributed by atoms with Crippen LogP contribution in [0.15, 0.2) is 75.7 Å². The number of rotatable bonds is 8. The van der Waals surface area contributed by atoms with Gasteiger partial charge in [0.05, 0.1) is 49.2 Å². The van der Waals surface area contributed by atoms with E-state index in [4.69, 9.17) is 37.4 Å². The Bertz CT molecular complexity index is 1940. The highest BCUT2D eigenvalue weighted by atomic mass is 127. The van der Waals surface area contributed by atoms with Crippen LogP contribution < -0.4 is 24.4 Å². The molecule has 0 saturated heterocycles. The van der Waals surface area contributed by atoms with Crippen LogP contribution in [0.4, 0.5) is 4.39 Å². The number of nitrogens with zero attached hydrogens (tertiary/aromatic N) is 2. The molecule has 1 atom stereocenters. The van der Waals surface area contributed by atoms with Gasteiger partial charge in [0.1, 0.15) is 12.4 Å². The molecule has 0 aliphatic carbocycles. The summed E-state index contributed by atoms with van der Waals surface area (Å²) < 4.78 is 33.4. The third-order valence-corrected chi connectivity index (χ3v) is 9.14. The van der Waals surface area contributed by atoms with E-state index in [1.165, 1.54) is 35.1 Å². The third kappa shape index (κ3) is 6.52. The van der Waals surface area contributed by atoms with E-state index < -0.39 is 17.8 Å². The first-order chi connectivity index (χ1) is 20.6. The fourth-order valence-corrected chi connectivity index (χ4v) is 6.80. The normalized spacial score (nSPS) is 14.8. The van der Waals surface area contributed by atoms with Gasteiger partial charge in [0, 0.05) is 0 Å². The summed E-state index contributed by atoms with van der Waals surface area (Å²) in [7, 11) is 1.54. The van der Waals surface area contributed by atoms with Crippen molar-refractivity contribution >= 4 is 69.2 Å². The number of benzene rings is 3. The fraction of sp³-hybridized carbons (Fsp3) is 0.194. The van der Waals surface area contributed by atoms with Crippen LogP contribution in [0.25, 0.3) is 6.08 Å². The van der Waals surface area contributed by atoms with Crippen molar-refractivity contribution in [3.8, 4) is 11.5 Å². The largest absolute Gasteiger partial charge is 0.493 e. The van der Waals surface area contributed by atoms with Crippen molar-refractivity contribution in [2.24, 2.45) is 4.99 Å². The van der Waals surface area contributed by atoms with Crippen LogP contribution in [0.3, 0.4) is 0 Å². The Hall–Kier alpha value is -3.19. The molecule has 7 nitrogen and oxygen atoms in total. The minimum atomic E-state index is -0.829. The predicted octanol–water partition coefficient (Wildman–Crippen LogP) is 6.44. The van der Waals surface area contributed by atoms with Crippen LogP contribution in [0, 0.1) is 9.39 Å². The molecule has 43 heavy (non-hydrogen) atoms. The van der Waals surface area contributed by atoms with Gasteiger partial charge in [-0.3, -0.25) is 9.36 Å². The number of fused-ring (bicyclic) bond motifs is 1. The van der Waals surface area contributed by atoms with Gasteiger partial charge in [-0.15, -0.1) is 0 Å². The zero-order chi connectivity index (χ0) is 30.8. The molecule has 0 N–H and O–H groups in total. The van der Waals surface area contributed by atoms with Crippen LogP contribution in [-0.2, 0) is 16.1 Å². The van der Waals surface area contributed by atoms with Crippen molar-refractivity contribution in [3.63, 3.8) is 0 Å². The monoisotopic (exact) mass is 752 g/mol. The van der Waals surface area contributed by atoms with Crippen LogP contribution >= 0.6 is 57.1 Å². The maximum Gasteiger partial charge on any atom is 0.338 e. The van der Waals surface area contributed by atoms with Crippen LogP contribution in [0.2, 0.25) is 10.0 Å². The van der Waals surface area contributed by atoms with Crippen LogP contribution in [0.1, 0.15) is 36.6 Å². The number of allylic oxidation sites excluding steroid dienone is 1. The highest BCUT2D eigenvalue weighted by Gasteiger charge is 2.33. The molecule has 3 aromatic carbocycles. The second kappa shape index (κ2) is 13.2. The molecule has 0 radical (unpaired) electrons. The highest BCUT2D eigenvalue weighted by Crippen LogP contribution is 2.35. The smallest absolute Gasteiger partial charge is 0.338 e. The zero-order valence-electron chi connectivity index (χ0n) is 23.1. The lowest BCUT2D eigenvalue weighted by Gasteiger charge is -2.24. The molecule has 4 aromatic rings. The summed E-state index contributed by atoms with van der Waals surface area (Å²) in [5.74, 6) is 0.0139. The van der Waals surface area contributed by atoms with Crippen LogP contribution in [0.5, 0.6) is 11.5 Å². The fourth-order valence-electron chi connectivity index (χ4n) is 4.65. The number of thiazole rings is 1. The molecule has 1 aliphatic heterocycles. The van der Waals surface area contributed by atoms with E-state index in [1.54, 1.807) is 50.3 Å². The number of aromatic nitrogens is 1. The van der Waals surface area contributed by atoms with Gasteiger partial charge in [-0.2, -0.15) is 0 Å². The topological polar surface area (TPSA) is 79.1 Å². The standard InChI is InChI=1S/C31H24Cl2FIN2O5S/c1-4-41-30(39)26-16(2)36-31-37(27(26)19-6-8-20(34)9-7-19)29(38)25(43-31)14-18-12-23(35)28(24(13-18)40-3)42-15-17-5-10-21(32)22(33)11-17/h5-14,27H,4,15H2,1-3H3/b25-14-/t27-/m0/s1. The lowest BCUT2D eigenvalue weighted by molar-refractivity contribution is -0.139. The second-order valence-electron chi connectivity index (χ2n) is 9.43. The van der Waals surface area contributed by atoms with E-state index in [9.17, 15) is 14.0 Å². The first kappa shape index (κ1) is 31.2. The van der Waals surface area contributed by atoms with E-state index in [0.717, 1.165) is 9.13 Å². The molecule has 0 bridgehead atoms. The van der Waals surface area contributed by atoms with E-state index in [2.05, 4.69) is 27.6 Å². The third-order valence-electron chi connectivity index (χ3n) is 6.62. The Labute approximate surface area is 274 Å². The molecule has 1 aromatic heterocycles. The number of halogens is 4. The number of esters is 1. The van der Waals surface area contributed by atoms with Crippen molar-refractivity contribution in [1.82, 2.24) is 4.57 Å². The van der Waals surface area contributed by atoms with Gasteiger partial charge in [0.2, 0.25) is 0 Å². The average molecular weight is 753 g/mol. The molecular formula is C31H24Cl2FIN2O5S. The average Bonchev–Trinajstić information content (AvgIpc) is 3.27. The number of methoxy groups -OCH3 is 1. The summed E-state index contributed by atoms with van der Waals surface area (Å²) in [6.45, 7) is 3.80. The molecule has 0 fully saturated rings. The lowest BCUT2D eigenvalue weighted by atomic mass is 9.96. The molecule has 5 rings (SSSR count). The zero-order valence-corrected chi connectivity index (χ0v) is 27.6. The molecule has 222 valence electrons. The molecule has 12 heteroatoms. The van der Waals surface area contributed by atoms with Gasteiger partial charge >= 0.3 is 5.97 Å². The molecule has 2 heterocycles. The first-order valence-corrected chi connectivity index (χ1v) is 15.7. The van der Waals surface area contributed by atoms with Crippen molar-refractivity contribution in [1.29, 1.82) is 0 Å². The summed E-state index contributed by atoms with van der Waals surface area (Å²) in [5.41, 5.74) is 2.42. The predicted molar refractivity (Wildman–Crippen MR) is 173 cm³/mol. The maximum absolute atomic E-state index is 13.9. The van der Waals surface area contributed by atoms with Crippen LogP contribution in [-0.4, -0.2) is 24.3 Å². The number of ether oxygens (including phenoxy) is 3. The number of hydrogen-bond donors (Lipinski definition) is 0. The Morgan fingerprint density at radius 2 is 1.88 bits per heavy atom. The van der Waals surface area contributed by atoms with Gasteiger partial charge in [-0.05, 0) is 95.6 Å². The summed E-state index contributed by atoms with van der Waals surface area (Å²) in [5, 5.41) is 0.899. The van der Waals surface area contributed by atoms with E-state index in [-0.39, 0.29) is 24.3 Å². The second-order valence-corrected chi connectivity index (χ2v) is 12.4. The van der Waals surface area contributed by atoms with Crippen molar-refractivity contribution in [3.05, 3.63) is 122 Å². The number of carbonyl (C=O) groups is 1. The van der Waals surface area contributed by atoms with Gasteiger partial charge in [-0.1, -0.05) is 52.7 Å². The van der Waals surface area contributed by atoms with E-state index in [1.807, 2.05) is 12.1 Å². The Morgan fingerprint density at radius 3 is 2.56 bits per heavy atom. The molecule has 0 spiro atoms.